The van der Waals surface area contributed by atoms with Crippen LogP contribution >= 0.6 is 0 Å². The van der Waals surface area contributed by atoms with Crippen LogP contribution in [0.5, 0.6) is 0 Å². The Morgan fingerprint density at radius 2 is 0.859 bits per heavy atom. The molecule has 64 heavy (non-hydrogen) atoms. The number of para-hydroxylation sites is 2. The molecule has 0 aliphatic carbocycles. The number of aliphatic hydroxyl groups excluding tert-OH is 1. The zero-order valence-electron chi connectivity index (χ0n) is 37.9. The minimum absolute atomic E-state index is 0.0375. The predicted octanol–water partition coefficient (Wildman–Crippen LogP) is 1.76. The minimum atomic E-state index is -1.64. The fourth-order valence-corrected chi connectivity index (χ4v) is 7.27. The minimum Gasteiger partial charge on any atom is -0.480 e. The summed E-state index contributed by atoms with van der Waals surface area (Å²) >= 11 is 0. The van der Waals surface area contributed by atoms with Crippen LogP contribution in [0.2, 0.25) is 0 Å². The molecule has 8 atom stereocenters. The van der Waals surface area contributed by atoms with Crippen LogP contribution < -0.4 is 37.6 Å². The van der Waals surface area contributed by atoms with E-state index < -0.39 is 108 Å². The summed E-state index contributed by atoms with van der Waals surface area (Å²) in [5.41, 5.74) is 8.96. The highest BCUT2D eigenvalue weighted by Crippen LogP contribution is 2.22. The topological polar surface area (TPSA) is 290 Å². The van der Waals surface area contributed by atoms with Crippen molar-refractivity contribution < 1.29 is 43.8 Å². The second kappa shape index (κ2) is 22.4. The SMILES string of the molecule is CC(C)[C@H](N)C(=O)N[C@H](C(=O)N[C@@H](Cc1c[nH]c2ccccc12)C(=O)N[C@@H](Cc1c[nH]c2ccccc12)C(=O)N[C@H](C(=O)N[C@H](C(=O)N[C@H](C(=O)O)C(C)C)C(C)C)[C@@H](C)O)C(C)C. The van der Waals surface area contributed by atoms with Crippen molar-refractivity contribution in [1.29, 1.82) is 0 Å². The predicted molar refractivity (Wildman–Crippen MR) is 242 cm³/mol. The Morgan fingerprint density at radius 1 is 0.500 bits per heavy atom. The van der Waals surface area contributed by atoms with E-state index in [-0.39, 0.29) is 18.8 Å². The number of aliphatic hydroxyl groups is 1. The molecule has 18 heteroatoms. The molecule has 0 bridgehead atoms. The monoisotopic (exact) mass is 887 g/mol. The molecule has 0 unspecified atom stereocenters. The van der Waals surface area contributed by atoms with Crippen LogP contribution in [0.3, 0.4) is 0 Å². The molecule has 2 aromatic carbocycles. The highest BCUT2D eigenvalue weighted by atomic mass is 16.4. The summed E-state index contributed by atoms with van der Waals surface area (Å²) in [5.74, 6) is -7.43. The van der Waals surface area contributed by atoms with Crippen molar-refractivity contribution >= 4 is 63.2 Å². The largest absolute Gasteiger partial charge is 0.480 e. The van der Waals surface area contributed by atoms with Gasteiger partial charge in [0.15, 0.2) is 0 Å². The van der Waals surface area contributed by atoms with Gasteiger partial charge in [-0.15, -0.1) is 0 Å². The van der Waals surface area contributed by atoms with Gasteiger partial charge in [0, 0.05) is 47.0 Å². The highest BCUT2D eigenvalue weighted by molar-refractivity contribution is 5.98. The first-order valence-corrected chi connectivity index (χ1v) is 21.7. The lowest BCUT2D eigenvalue weighted by Gasteiger charge is -2.30. The van der Waals surface area contributed by atoms with Gasteiger partial charge in [-0.05, 0) is 53.9 Å². The number of fused-ring (bicyclic) bond motifs is 2. The lowest BCUT2D eigenvalue weighted by Crippen LogP contribution is -2.63. The normalized spacial score (nSPS) is 15.5. The molecule has 18 nitrogen and oxygen atoms in total. The Hall–Kier alpha value is -6.27. The zero-order valence-corrected chi connectivity index (χ0v) is 37.9. The van der Waals surface area contributed by atoms with E-state index in [0.717, 1.165) is 21.8 Å². The maximum atomic E-state index is 14.6. The molecule has 0 saturated heterocycles. The number of carbonyl (C=O) groups excluding carboxylic acids is 6. The van der Waals surface area contributed by atoms with Crippen LogP contribution in [0.25, 0.3) is 21.8 Å². The molecule has 0 radical (unpaired) electrons. The van der Waals surface area contributed by atoms with E-state index in [1.165, 1.54) is 6.92 Å². The number of aromatic amines is 2. The van der Waals surface area contributed by atoms with Crippen molar-refractivity contribution in [3.05, 3.63) is 72.1 Å². The molecular weight excluding hydrogens is 823 g/mol. The smallest absolute Gasteiger partial charge is 0.326 e. The van der Waals surface area contributed by atoms with Crippen molar-refractivity contribution in [1.82, 2.24) is 41.9 Å². The summed E-state index contributed by atoms with van der Waals surface area (Å²) in [7, 11) is 0. The molecule has 12 N–H and O–H groups in total. The van der Waals surface area contributed by atoms with Gasteiger partial charge in [-0.2, -0.15) is 0 Å². The second-order valence-electron chi connectivity index (χ2n) is 17.8. The Bertz CT molecular complexity index is 2280. The van der Waals surface area contributed by atoms with Gasteiger partial charge in [-0.25, -0.2) is 4.79 Å². The van der Waals surface area contributed by atoms with Crippen LogP contribution in [-0.4, -0.2) is 110 Å². The van der Waals surface area contributed by atoms with Gasteiger partial charge in [-0.1, -0.05) is 91.8 Å². The molecule has 0 aliphatic rings. The van der Waals surface area contributed by atoms with Gasteiger partial charge in [-0.3, -0.25) is 28.8 Å². The van der Waals surface area contributed by atoms with E-state index in [9.17, 15) is 43.8 Å². The number of hydrogen-bond acceptors (Lipinski definition) is 9. The van der Waals surface area contributed by atoms with Gasteiger partial charge >= 0.3 is 5.97 Å². The molecule has 4 rings (SSSR count). The third-order valence-electron chi connectivity index (χ3n) is 11.3. The van der Waals surface area contributed by atoms with E-state index >= 15 is 0 Å². The van der Waals surface area contributed by atoms with Crippen LogP contribution in [-0.2, 0) is 46.4 Å². The molecule has 6 amide bonds. The molecule has 0 aliphatic heterocycles. The Labute approximate surface area is 373 Å². The first-order chi connectivity index (χ1) is 30.1. The summed E-state index contributed by atoms with van der Waals surface area (Å²) < 4.78 is 0. The van der Waals surface area contributed by atoms with Crippen LogP contribution in [0, 0.1) is 23.7 Å². The maximum Gasteiger partial charge on any atom is 0.326 e. The highest BCUT2D eigenvalue weighted by Gasteiger charge is 2.37. The number of carbonyl (C=O) groups is 7. The Kier molecular flexibility index (Phi) is 17.6. The first-order valence-electron chi connectivity index (χ1n) is 21.7. The van der Waals surface area contributed by atoms with Crippen LogP contribution in [0.1, 0.15) is 73.4 Å². The molecule has 0 saturated carbocycles. The fraction of sp³-hybridized carbons (Fsp3) is 0.500. The Morgan fingerprint density at radius 3 is 1.28 bits per heavy atom. The van der Waals surface area contributed by atoms with Crippen LogP contribution in [0.4, 0.5) is 0 Å². The van der Waals surface area contributed by atoms with Crippen molar-refractivity contribution in [2.24, 2.45) is 29.4 Å². The van der Waals surface area contributed by atoms with Crippen molar-refractivity contribution in [2.45, 2.75) is 124 Å². The fourth-order valence-electron chi connectivity index (χ4n) is 7.27. The van der Waals surface area contributed by atoms with Crippen molar-refractivity contribution in [3.63, 3.8) is 0 Å². The summed E-state index contributed by atoms with van der Waals surface area (Å²) in [5, 5.41) is 38.0. The van der Waals surface area contributed by atoms with Crippen molar-refractivity contribution in [2.75, 3.05) is 0 Å². The second-order valence-corrected chi connectivity index (χ2v) is 17.8. The number of nitrogens with one attached hydrogen (secondary N) is 8. The van der Waals surface area contributed by atoms with Gasteiger partial charge in [0.2, 0.25) is 35.4 Å². The van der Waals surface area contributed by atoms with E-state index in [0.29, 0.717) is 11.1 Å². The van der Waals surface area contributed by atoms with Gasteiger partial charge in [0.25, 0.3) is 0 Å². The van der Waals surface area contributed by atoms with Gasteiger partial charge in [0.05, 0.1) is 12.1 Å². The number of rotatable bonds is 22. The first kappa shape index (κ1) is 50.4. The molecule has 4 aromatic rings. The number of nitrogens with two attached hydrogens (primary N) is 1. The quantitative estimate of drug-likeness (QED) is 0.0544. The summed E-state index contributed by atoms with van der Waals surface area (Å²) in [6, 6.07) is 5.91. The summed E-state index contributed by atoms with van der Waals surface area (Å²) in [6.45, 7) is 14.8. The summed E-state index contributed by atoms with van der Waals surface area (Å²) in [6.07, 6.45) is 1.76. The van der Waals surface area contributed by atoms with Crippen molar-refractivity contribution in [3.8, 4) is 0 Å². The van der Waals surface area contributed by atoms with Gasteiger partial charge in [0.1, 0.15) is 36.3 Å². The van der Waals surface area contributed by atoms with E-state index in [1.54, 1.807) is 67.8 Å². The lowest BCUT2D eigenvalue weighted by atomic mass is 9.98. The zero-order chi connectivity index (χ0) is 47.6. The van der Waals surface area contributed by atoms with Crippen LogP contribution in [0.15, 0.2) is 60.9 Å². The summed E-state index contributed by atoms with van der Waals surface area (Å²) in [4.78, 5) is 102. The molecule has 0 spiro atoms. The molecule has 0 fully saturated rings. The van der Waals surface area contributed by atoms with E-state index in [1.807, 2.05) is 48.5 Å². The number of carboxylic acids is 1. The third kappa shape index (κ3) is 12.9. The number of carboxylic acid groups (broad SMARTS) is 1. The average Bonchev–Trinajstić information content (AvgIpc) is 3.84. The number of benzene rings is 2. The number of hydrogen-bond donors (Lipinski definition) is 11. The molecule has 2 heterocycles. The lowest BCUT2D eigenvalue weighted by molar-refractivity contribution is -0.144. The average molecular weight is 888 g/mol. The third-order valence-corrected chi connectivity index (χ3v) is 11.3. The van der Waals surface area contributed by atoms with E-state index in [2.05, 4.69) is 41.9 Å². The standard InChI is InChI=1S/C46H65N9O9/c1-22(2)35(47)42(59)52-36(23(3)4)43(60)51-33(18-27-20-48-31-16-12-10-14-29(27)31)40(57)50-34(19-28-21-49-32-17-13-11-15-30(28)32)41(58)55-39(26(9)56)45(62)53-37(24(5)6)44(61)54-38(25(7)8)46(63)64/h10-17,20-26,33-39,48-49,56H,18-19,47H2,1-9H3,(H,50,57)(H,51,60)(H,52,59)(H,53,62)(H,54,61)(H,55,58)(H,63,64)/t26-,33+,34+,35+,36+,37+,38+,39+/m1/s1. The van der Waals surface area contributed by atoms with Gasteiger partial charge < -0.3 is 57.8 Å². The Balaban J connectivity index is 1.69. The number of amides is 6. The number of aromatic nitrogens is 2. The maximum absolute atomic E-state index is 14.6. The molecule has 348 valence electrons. The number of aliphatic carboxylic acids is 1. The molecule has 2 aromatic heterocycles. The number of H-pyrrole nitrogens is 2. The molecular formula is C46H65N9O9. The van der Waals surface area contributed by atoms with E-state index in [4.69, 9.17) is 5.73 Å².